The first-order valence-corrected chi connectivity index (χ1v) is 6.58. The molecule has 2 aromatic heterocycles. The van der Waals surface area contributed by atoms with Crippen LogP contribution in [0.15, 0.2) is 18.2 Å². The molecule has 0 spiro atoms. The van der Waals surface area contributed by atoms with Crippen molar-refractivity contribution in [3.8, 4) is 0 Å². The van der Waals surface area contributed by atoms with Crippen molar-refractivity contribution >= 4 is 28.8 Å². The van der Waals surface area contributed by atoms with Crippen LogP contribution in [0.25, 0.3) is 0 Å². The monoisotopic (exact) mass is 267 g/mol. The number of anilines is 1. The Morgan fingerprint density at radius 3 is 2.65 bits per heavy atom. The van der Waals surface area contributed by atoms with Crippen LogP contribution in [0.3, 0.4) is 0 Å². The van der Waals surface area contributed by atoms with Gasteiger partial charge in [-0.3, -0.25) is 0 Å². The molecule has 0 amide bonds. The summed E-state index contributed by atoms with van der Waals surface area (Å²) in [6.07, 6.45) is 0. The third-order valence-corrected chi connectivity index (χ3v) is 3.88. The third-order valence-electron chi connectivity index (χ3n) is 2.41. The third kappa shape index (κ3) is 2.96. The maximum absolute atomic E-state index is 5.85. The Hall–Kier alpha value is -1.13. The number of rotatable bonds is 3. The lowest BCUT2D eigenvalue weighted by molar-refractivity contribution is 0.880. The van der Waals surface area contributed by atoms with E-state index in [1.54, 1.807) is 17.4 Å². The van der Waals surface area contributed by atoms with Crippen LogP contribution in [0.5, 0.6) is 0 Å². The molecular weight excluding hydrogens is 254 g/mol. The molecule has 1 unspecified atom stereocenters. The van der Waals surface area contributed by atoms with E-state index in [0.29, 0.717) is 5.15 Å². The van der Waals surface area contributed by atoms with Crippen molar-refractivity contribution in [2.75, 3.05) is 5.32 Å². The Labute approximate surface area is 110 Å². The first kappa shape index (κ1) is 12.3. The van der Waals surface area contributed by atoms with Gasteiger partial charge in [0, 0.05) is 4.88 Å². The van der Waals surface area contributed by atoms with Crippen LogP contribution in [-0.4, -0.2) is 9.97 Å². The van der Waals surface area contributed by atoms with Gasteiger partial charge >= 0.3 is 0 Å². The van der Waals surface area contributed by atoms with Crippen LogP contribution < -0.4 is 5.32 Å². The normalized spacial score (nSPS) is 12.5. The number of nitrogens with zero attached hydrogens (tertiary/aromatic N) is 2. The van der Waals surface area contributed by atoms with Crippen LogP contribution in [0.1, 0.15) is 28.5 Å². The molecule has 0 aliphatic carbocycles. The lowest BCUT2D eigenvalue weighted by Crippen LogP contribution is -2.07. The standard InChI is InChI=1S/C12H14ClN3S/c1-7-12(17-9(3)14-7)8(2)15-11-6-4-5-10(13)16-11/h4-6,8H,1-3H3,(H,15,16). The number of nitrogens with one attached hydrogen (secondary N) is 1. The molecule has 2 aromatic rings. The molecule has 2 heterocycles. The fraction of sp³-hybridized carbons (Fsp3) is 0.333. The highest BCUT2D eigenvalue weighted by molar-refractivity contribution is 7.11. The van der Waals surface area contributed by atoms with E-state index in [1.165, 1.54) is 4.88 Å². The van der Waals surface area contributed by atoms with Gasteiger partial charge in [0.1, 0.15) is 11.0 Å². The van der Waals surface area contributed by atoms with Crippen molar-refractivity contribution < 1.29 is 0 Å². The van der Waals surface area contributed by atoms with Gasteiger partial charge < -0.3 is 5.32 Å². The number of thiazole rings is 1. The van der Waals surface area contributed by atoms with Crippen molar-refractivity contribution in [2.24, 2.45) is 0 Å². The largest absolute Gasteiger partial charge is 0.363 e. The first-order chi connectivity index (χ1) is 8.06. The Morgan fingerprint density at radius 1 is 1.29 bits per heavy atom. The second-order valence-corrected chi connectivity index (χ2v) is 5.52. The molecular formula is C12H14ClN3S. The molecule has 0 aromatic carbocycles. The van der Waals surface area contributed by atoms with E-state index in [2.05, 4.69) is 22.2 Å². The van der Waals surface area contributed by atoms with Crippen LogP contribution in [0, 0.1) is 13.8 Å². The zero-order valence-corrected chi connectivity index (χ0v) is 11.6. The Bertz CT molecular complexity index is 524. The number of hydrogen-bond acceptors (Lipinski definition) is 4. The van der Waals surface area contributed by atoms with Crippen molar-refractivity contribution in [1.29, 1.82) is 0 Å². The summed E-state index contributed by atoms with van der Waals surface area (Å²) in [4.78, 5) is 9.88. The number of halogens is 1. The molecule has 0 saturated carbocycles. The van der Waals surface area contributed by atoms with E-state index >= 15 is 0 Å². The summed E-state index contributed by atoms with van der Waals surface area (Å²) >= 11 is 7.56. The Morgan fingerprint density at radius 2 is 2.06 bits per heavy atom. The lowest BCUT2D eigenvalue weighted by atomic mass is 10.2. The van der Waals surface area contributed by atoms with Crippen molar-refractivity contribution in [3.05, 3.63) is 38.9 Å². The van der Waals surface area contributed by atoms with E-state index in [4.69, 9.17) is 11.6 Å². The van der Waals surface area contributed by atoms with Gasteiger partial charge in [-0.25, -0.2) is 9.97 Å². The summed E-state index contributed by atoms with van der Waals surface area (Å²) < 4.78 is 0. The molecule has 17 heavy (non-hydrogen) atoms. The predicted molar refractivity (Wildman–Crippen MR) is 72.9 cm³/mol. The number of aryl methyl sites for hydroxylation is 2. The van der Waals surface area contributed by atoms with Gasteiger partial charge in [-0.15, -0.1) is 11.3 Å². The second-order valence-electron chi connectivity index (χ2n) is 3.89. The topological polar surface area (TPSA) is 37.8 Å². The molecule has 90 valence electrons. The van der Waals surface area contributed by atoms with Crippen molar-refractivity contribution in [3.63, 3.8) is 0 Å². The van der Waals surface area contributed by atoms with E-state index < -0.39 is 0 Å². The maximum Gasteiger partial charge on any atom is 0.131 e. The highest BCUT2D eigenvalue weighted by Gasteiger charge is 2.13. The van der Waals surface area contributed by atoms with Crippen LogP contribution in [-0.2, 0) is 0 Å². The predicted octanol–water partition coefficient (Wildman–Crippen LogP) is 3.98. The average molecular weight is 268 g/mol. The number of aromatic nitrogens is 2. The van der Waals surface area contributed by atoms with Crippen molar-refractivity contribution in [2.45, 2.75) is 26.8 Å². The van der Waals surface area contributed by atoms with Crippen LogP contribution >= 0.6 is 22.9 Å². The van der Waals surface area contributed by atoms with Crippen molar-refractivity contribution in [1.82, 2.24) is 9.97 Å². The van der Waals surface area contributed by atoms with Gasteiger partial charge in [0.25, 0.3) is 0 Å². The maximum atomic E-state index is 5.85. The zero-order valence-electron chi connectivity index (χ0n) is 9.99. The molecule has 5 heteroatoms. The zero-order chi connectivity index (χ0) is 12.4. The Kier molecular flexibility index (Phi) is 3.64. The highest BCUT2D eigenvalue weighted by Crippen LogP contribution is 2.27. The van der Waals surface area contributed by atoms with Gasteiger partial charge in [-0.2, -0.15) is 0 Å². The fourth-order valence-electron chi connectivity index (χ4n) is 1.72. The molecule has 0 radical (unpaired) electrons. The summed E-state index contributed by atoms with van der Waals surface area (Å²) in [5.74, 6) is 0.787. The molecule has 0 aliphatic heterocycles. The molecule has 0 bridgehead atoms. The molecule has 2 rings (SSSR count). The lowest BCUT2D eigenvalue weighted by Gasteiger charge is -2.13. The van der Waals surface area contributed by atoms with Gasteiger partial charge in [-0.05, 0) is 32.9 Å². The highest BCUT2D eigenvalue weighted by atomic mass is 35.5. The first-order valence-electron chi connectivity index (χ1n) is 5.39. The molecule has 1 atom stereocenters. The fourth-order valence-corrected chi connectivity index (χ4v) is 2.82. The molecule has 3 nitrogen and oxygen atoms in total. The summed E-state index contributed by atoms with van der Waals surface area (Å²) in [7, 11) is 0. The van der Waals surface area contributed by atoms with E-state index in [9.17, 15) is 0 Å². The van der Waals surface area contributed by atoms with Crippen LogP contribution in [0.2, 0.25) is 5.15 Å². The number of hydrogen-bond donors (Lipinski definition) is 1. The summed E-state index contributed by atoms with van der Waals surface area (Å²) in [5.41, 5.74) is 1.08. The summed E-state index contributed by atoms with van der Waals surface area (Å²) in [6.45, 7) is 6.15. The van der Waals surface area contributed by atoms with E-state index in [-0.39, 0.29) is 6.04 Å². The van der Waals surface area contributed by atoms with Gasteiger partial charge in [0.2, 0.25) is 0 Å². The number of pyridine rings is 1. The van der Waals surface area contributed by atoms with Gasteiger partial charge in [-0.1, -0.05) is 17.7 Å². The van der Waals surface area contributed by atoms with Crippen LogP contribution in [0.4, 0.5) is 5.82 Å². The molecule has 0 saturated heterocycles. The SMILES string of the molecule is Cc1nc(C)c(C(C)Nc2cccc(Cl)n2)s1. The Balaban J connectivity index is 2.16. The van der Waals surface area contributed by atoms with Gasteiger partial charge in [0.15, 0.2) is 0 Å². The minimum absolute atomic E-state index is 0.187. The van der Waals surface area contributed by atoms with E-state index in [0.717, 1.165) is 16.5 Å². The molecule has 1 N–H and O–H groups in total. The smallest absolute Gasteiger partial charge is 0.131 e. The quantitative estimate of drug-likeness (QED) is 0.855. The summed E-state index contributed by atoms with van der Waals surface area (Å²) in [6, 6.07) is 5.74. The molecule has 0 aliphatic rings. The molecule has 0 fully saturated rings. The minimum Gasteiger partial charge on any atom is -0.363 e. The summed E-state index contributed by atoms with van der Waals surface area (Å²) in [5, 5.41) is 4.92. The van der Waals surface area contributed by atoms with E-state index in [1.807, 2.05) is 26.0 Å². The average Bonchev–Trinajstić information content (AvgIpc) is 2.58. The second kappa shape index (κ2) is 5.02. The minimum atomic E-state index is 0.187. The van der Waals surface area contributed by atoms with Gasteiger partial charge in [0.05, 0.1) is 16.7 Å².